The van der Waals surface area contributed by atoms with Crippen LogP contribution in [0.25, 0.3) is 0 Å². The smallest absolute Gasteiger partial charge is 0.305 e. The van der Waals surface area contributed by atoms with Gasteiger partial charge >= 0.3 is 5.97 Å². The minimum Gasteiger partial charge on any atom is -0.433 e. The van der Waals surface area contributed by atoms with Crippen molar-refractivity contribution in [1.29, 1.82) is 0 Å². The summed E-state index contributed by atoms with van der Waals surface area (Å²) in [5.41, 5.74) is 0. The van der Waals surface area contributed by atoms with Crippen LogP contribution in [0, 0.1) is 5.92 Å². The molecule has 0 aliphatic heterocycles. The first-order valence-electron chi connectivity index (χ1n) is 4.44. The Balaban J connectivity index is 2.44. The zero-order valence-electron chi connectivity index (χ0n) is 7.67. The van der Waals surface area contributed by atoms with E-state index in [0.29, 0.717) is 18.8 Å². The van der Waals surface area contributed by atoms with Crippen molar-refractivity contribution in [3.63, 3.8) is 0 Å². The summed E-state index contributed by atoms with van der Waals surface area (Å²) in [7, 11) is 0. The first kappa shape index (κ1) is 9.52. The molecule has 0 spiro atoms. The number of carbonyl (C=O) groups is 1. The van der Waals surface area contributed by atoms with E-state index < -0.39 is 11.8 Å². The molecular formula is C9H16O3. The van der Waals surface area contributed by atoms with Crippen LogP contribution < -0.4 is 0 Å². The molecule has 3 nitrogen and oxygen atoms in total. The Labute approximate surface area is 72.7 Å². The number of ether oxygens (including phenoxy) is 1. The van der Waals surface area contributed by atoms with E-state index in [4.69, 9.17) is 4.74 Å². The summed E-state index contributed by atoms with van der Waals surface area (Å²) in [6.45, 7) is 3.48. The second kappa shape index (κ2) is 3.44. The Bertz CT molecular complexity index is 169. The minimum absolute atomic E-state index is 0.396. The Morgan fingerprint density at radius 2 is 2.00 bits per heavy atom. The quantitative estimate of drug-likeness (QED) is 0.481. The number of rotatable bonds is 1. The molecule has 0 amide bonds. The zero-order chi connectivity index (χ0) is 9.19. The first-order valence-corrected chi connectivity index (χ1v) is 4.44. The molecule has 1 rings (SSSR count). The highest BCUT2D eigenvalue weighted by atomic mass is 16.7. The minimum atomic E-state index is -1.17. The molecule has 1 N–H and O–H groups in total. The molecule has 0 heterocycles. The van der Waals surface area contributed by atoms with Gasteiger partial charge in [-0.1, -0.05) is 6.92 Å². The Kier molecular flexibility index (Phi) is 2.73. The highest BCUT2D eigenvalue weighted by Crippen LogP contribution is 2.32. The summed E-state index contributed by atoms with van der Waals surface area (Å²) in [6, 6.07) is 0. The summed E-state index contributed by atoms with van der Waals surface area (Å²) < 4.78 is 4.84. The lowest BCUT2D eigenvalue weighted by atomic mass is 9.86. The largest absolute Gasteiger partial charge is 0.433 e. The Hall–Kier alpha value is -0.570. The van der Waals surface area contributed by atoms with E-state index in [9.17, 15) is 9.90 Å². The summed E-state index contributed by atoms with van der Waals surface area (Å²) in [4.78, 5) is 10.6. The topological polar surface area (TPSA) is 46.5 Å². The fraction of sp³-hybridized carbons (Fsp3) is 0.889. The van der Waals surface area contributed by atoms with Gasteiger partial charge in [-0.3, -0.25) is 4.79 Å². The van der Waals surface area contributed by atoms with Crippen LogP contribution in [0.2, 0.25) is 0 Å². The van der Waals surface area contributed by atoms with Crippen molar-refractivity contribution in [1.82, 2.24) is 0 Å². The van der Waals surface area contributed by atoms with Gasteiger partial charge in [0, 0.05) is 19.8 Å². The van der Waals surface area contributed by atoms with Crippen molar-refractivity contribution < 1.29 is 14.6 Å². The third kappa shape index (κ3) is 2.48. The van der Waals surface area contributed by atoms with E-state index in [1.54, 1.807) is 0 Å². The normalized spacial score (nSPS) is 36.1. The zero-order valence-corrected chi connectivity index (χ0v) is 7.67. The van der Waals surface area contributed by atoms with Gasteiger partial charge in [0.05, 0.1) is 0 Å². The fourth-order valence-corrected chi connectivity index (χ4v) is 1.58. The van der Waals surface area contributed by atoms with Crippen molar-refractivity contribution in [2.45, 2.75) is 45.3 Å². The molecular weight excluding hydrogens is 156 g/mol. The lowest BCUT2D eigenvalue weighted by Gasteiger charge is -2.33. The van der Waals surface area contributed by atoms with Gasteiger partial charge in [0.1, 0.15) is 0 Å². The van der Waals surface area contributed by atoms with Crippen LogP contribution in [0.15, 0.2) is 0 Å². The molecule has 0 aromatic carbocycles. The summed E-state index contributed by atoms with van der Waals surface area (Å²) in [6.07, 6.45) is 3.02. The van der Waals surface area contributed by atoms with Crippen molar-refractivity contribution in [3.05, 3.63) is 0 Å². The summed E-state index contributed by atoms with van der Waals surface area (Å²) in [5.74, 6) is -0.925. The molecule has 1 aliphatic rings. The number of carbonyl (C=O) groups excluding carboxylic acids is 1. The maximum atomic E-state index is 10.6. The number of hydrogen-bond donors (Lipinski definition) is 1. The second-order valence-electron chi connectivity index (χ2n) is 3.72. The van der Waals surface area contributed by atoms with Crippen LogP contribution in [-0.2, 0) is 9.53 Å². The average Bonchev–Trinajstić information content (AvgIpc) is 1.94. The van der Waals surface area contributed by atoms with Crippen LogP contribution in [0.4, 0.5) is 0 Å². The van der Waals surface area contributed by atoms with Gasteiger partial charge in [-0.2, -0.15) is 0 Å². The number of aliphatic hydroxyl groups is 1. The molecule has 70 valence electrons. The lowest BCUT2D eigenvalue weighted by Crippen LogP contribution is -2.37. The Morgan fingerprint density at radius 3 is 2.42 bits per heavy atom. The molecule has 0 aromatic heterocycles. The maximum Gasteiger partial charge on any atom is 0.305 e. The van der Waals surface area contributed by atoms with E-state index in [1.807, 2.05) is 0 Å². The van der Waals surface area contributed by atoms with E-state index in [2.05, 4.69) is 6.92 Å². The SMILES string of the molecule is CC(=O)OC1(O)CCC(C)CC1. The predicted molar refractivity (Wildman–Crippen MR) is 44.3 cm³/mol. The van der Waals surface area contributed by atoms with Crippen LogP contribution in [-0.4, -0.2) is 16.9 Å². The molecule has 0 radical (unpaired) electrons. The molecule has 0 bridgehead atoms. The Morgan fingerprint density at radius 1 is 1.50 bits per heavy atom. The van der Waals surface area contributed by atoms with Crippen LogP contribution in [0.1, 0.15) is 39.5 Å². The van der Waals surface area contributed by atoms with Crippen molar-refractivity contribution in [2.75, 3.05) is 0 Å². The lowest BCUT2D eigenvalue weighted by molar-refractivity contribution is -0.220. The van der Waals surface area contributed by atoms with Gasteiger partial charge in [-0.05, 0) is 18.8 Å². The highest BCUT2D eigenvalue weighted by Gasteiger charge is 2.34. The molecule has 0 atom stereocenters. The van der Waals surface area contributed by atoms with E-state index in [-0.39, 0.29) is 0 Å². The van der Waals surface area contributed by atoms with Gasteiger partial charge in [0.25, 0.3) is 0 Å². The third-order valence-corrected chi connectivity index (χ3v) is 2.39. The summed E-state index contributed by atoms with van der Waals surface area (Å²) >= 11 is 0. The van der Waals surface area contributed by atoms with Crippen LogP contribution in [0.3, 0.4) is 0 Å². The van der Waals surface area contributed by atoms with Crippen LogP contribution >= 0.6 is 0 Å². The second-order valence-corrected chi connectivity index (χ2v) is 3.72. The van der Waals surface area contributed by atoms with Crippen LogP contribution in [0.5, 0.6) is 0 Å². The monoisotopic (exact) mass is 172 g/mol. The van der Waals surface area contributed by atoms with Gasteiger partial charge in [0.2, 0.25) is 5.79 Å². The third-order valence-electron chi connectivity index (χ3n) is 2.39. The predicted octanol–water partition coefficient (Wildman–Crippen LogP) is 1.45. The van der Waals surface area contributed by atoms with Crippen molar-refractivity contribution >= 4 is 5.97 Å². The molecule has 12 heavy (non-hydrogen) atoms. The van der Waals surface area contributed by atoms with Gasteiger partial charge < -0.3 is 9.84 Å². The van der Waals surface area contributed by atoms with Gasteiger partial charge in [-0.15, -0.1) is 0 Å². The molecule has 0 saturated heterocycles. The molecule has 0 aromatic rings. The van der Waals surface area contributed by atoms with E-state index in [1.165, 1.54) is 6.92 Å². The summed E-state index contributed by atoms with van der Waals surface area (Å²) in [5, 5.41) is 9.72. The highest BCUT2D eigenvalue weighted by molar-refractivity contribution is 5.66. The van der Waals surface area contributed by atoms with Gasteiger partial charge in [0.15, 0.2) is 0 Å². The average molecular weight is 172 g/mol. The fourth-order valence-electron chi connectivity index (χ4n) is 1.58. The first-order chi connectivity index (χ1) is 5.52. The molecule has 1 aliphatic carbocycles. The number of esters is 1. The molecule has 0 unspecified atom stereocenters. The van der Waals surface area contributed by atoms with E-state index >= 15 is 0 Å². The van der Waals surface area contributed by atoms with Crippen molar-refractivity contribution in [2.24, 2.45) is 5.92 Å². The molecule has 3 heteroatoms. The number of hydrogen-bond acceptors (Lipinski definition) is 3. The standard InChI is InChI=1S/C9H16O3/c1-7-3-5-9(11,6-4-7)12-8(2)10/h7,11H,3-6H2,1-2H3. The van der Waals surface area contributed by atoms with Gasteiger partial charge in [-0.25, -0.2) is 0 Å². The molecule has 1 fully saturated rings. The maximum absolute atomic E-state index is 10.6. The van der Waals surface area contributed by atoms with E-state index in [0.717, 1.165) is 12.8 Å². The van der Waals surface area contributed by atoms with Crippen molar-refractivity contribution in [3.8, 4) is 0 Å². The molecule has 1 saturated carbocycles.